The van der Waals surface area contributed by atoms with Gasteiger partial charge in [-0.3, -0.25) is 9.59 Å². The Hall–Kier alpha value is -2.82. The zero-order valence-corrected chi connectivity index (χ0v) is 65.2. The second-order valence-electron chi connectivity index (χ2n) is 22.0. The number of benzene rings is 2. The highest BCUT2D eigenvalue weighted by Crippen LogP contribution is 2.07. The van der Waals surface area contributed by atoms with Gasteiger partial charge in [0.05, 0.1) is 139 Å². The van der Waals surface area contributed by atoms with Gasteiger partial charge < -0.3 is 71.1 Å². The van der Waals surface area contributed by atoms with Crippen molar-refractivity contribution < 1.29 is 80.6 Å². The van der Waals surface area contributed by atoms with Gasteiger partial charge in [-0.15, -0.1) is 0 Å². The zero-order chi connectivity index (χ0) is 72.4. The van der Waals surface area contributed by atoms with Crippen molar-refractivity contribution in [2.75, 3.05) is 198 Å². The van der Waals surface area contributed by atoms with Crippen LogP contribution in [0.3, 0.4) is 0 Å². The molecule has 0 atom stereocenters. The molecule has 0 saturated heterocycles. The van der Waals surface area contributed by atoms with Crippen LogP contribution in [0.4, 0.5) is 0 Å². The van der Waals surface area contributed by atoms with Crippen LogP contribution < -0.4 is 0 Å². The number of aryl methyl sites for hydroxylation is 4. The number of ketones is 2. The summed E-state index contributed by atoms with van der Waals surface area (Å²) in [4.78, 5) is 21.8. The van der Waals surface area contributed by atoms with Crippen LogP contribution in [0.25, 0.3) is 0 Å². The first-order valence-electron chi connectivity index (χ1n) is 37.9. The first kappa shape index (κ1) is 104. The van der Waals surface area contributed by atoms with E-state index in [1.807, 2.05) is 13.8 Å². The van der Waals surface area contributed by atoms with Gasteiger partial charge in [-0.05, 0) is 125 Å². The second kappa shape index (κ2) is 101. The third-order valence-corrected chi connectivity index (χ3v) is 12.3. The molecule has 0 radical (unpaired) electrons. The Labute approximate surface area is 591 Å². The SMILES string of the molecule is CCCC(=O)CC(=O)CCC.CCCOCCOCCOCCC.CCCOCCOCCOCCC.CCCOCCOCCOCCC.CCCOCCOCCOCCC.CCCOCCOCCOCCC.CCc1ccc(CC)cc1.CCc1cccc(CC)c1. The average Bonchev–Trinajstić information content (AvgIpc) is 3.51. The third-order valence-electron chi connectivity index (χ3n) is 12.3. The molecule has 0 spiro atoms. The van der Waals surface area contributed by atoms with E-state index >= 15 is 0 Å². The maximum absolute atomic E-state index is 10.9. The number of carbonyl (C=O) groups is 2. The zero-order valence-electron chi connectivity index (χ0n) is 65.2. The normalized spacial score (nSPS) is 10.3. The number of hydrogen-bond donors (Lipinski definition) is 0. The van der Waals surface area contributed by atoms with Crippen molar-refractivity contribution in [1.82, 2.24) is 0 Å². The quantitative estimate of drug-likeness (QED) is 0.0452. The van der Waals surface area contributed by atoms with E-state index < -0.39 is 0 Å². The Morgan fingerprint density at radius 2 is 0.365 bits per heavy atom. The van der Waals surface area contributed by atoms with Crippen LogP contribution in [-0.4, -0.2) is 210 Å². The molecule has 96 heavy (non-hydrogen) atoms. The number of rotatable bonds is 60. The van der Waals surface area contributed by atoms with Gasteiger partial charge in [-0.1, -0.05) is 159 Å². The molecule has 2 rings (SSSR count). The lowest BCUT2D eigenvalue weighted by Gasteiger charge is -2.05. The highest BCUT2D eigenvalue weighted by Gasteiger charge is 2.07. The minimum absolute atomic E-state index is 0.0888. The Morgan fingerprint density at radius 1 is 0.208 bits per heavy atom. The van der Waals surface area contributed by atoms with Crippen molar-refractivity contribution >= 4 is 11.6 Å². The molecule has 0 amide bonds. The van der Waals surface area contributed by atoms with E-state index in [4.69, 9.17) is 71.1 Å². The maximum Gasteiger partial charge on any atom is 0.140 e. The predicted octanol–water partition coefficient (Wildman–Crippen LogP) is 17.0. The molecule has 572 valence electrons. The van der Waals surface area contributed by atoms with E-state index in [1.54, 1.807) is 0 Å². The van der Waals surface area contributed by atoms with Crippen LogP contribution >= 0.6 is 0 Å². The van der Waals surface area contributed by atoms with E-state index in [0.717, 1.165) is 169 Å². The van der Waals surface area contributed by atoms with Gasteiger partial charge in [0.1, 0.15) is 11.6 Å². The van der Waals surface area contributed by atoms with Crippen LogP contribution in [-0.2, 0) is 106 Å². The Morgan fingerprint density at radius 3 is 0.500 bits per heavy atom. The summed E-state index contributed by atoms with van der Waals surface area (Å²) in [7, 11) is 0. The number of hydrogen-bond acceptors (Lipinski definition) is 17. The topological polar surface area (TPSA) is 173 Å². The van der Waals surface area contributed by atoms with Crippen LogP contribution in [0.1, 0.15) is 229 Å². The van der Waals surface area contributed by atoms with Gasteiger partial charge in [0.25, 0.3) is 0 Å². The largest absolute Gasteiger partial charge is 0.379 e. The van der Waals surface area contributed by atoms with Crippen LogP contribution in [0, 0.1) is 0 Å². The highest BCUT2D eigenvalue weighted by atomic mass is 16.6. The van der Waals surface area contributed by atoms with Crippen molar-refractivity contribution in [3.05, 3.63) is 70.8 Å². The Bertz CT molecular complexity index is 1420. The number of carbonyl (C=O) groups excluding carboxylic acids is 2. The van der Waals surface area contributed by atoms with Crippen molar-refractivity contribution in [3.63, 3.8) is 0 Å². The molecule has 0 heterocycles. The monoisotopic (exact) mass is 1380 g/mol. The van der Waals surface area contributed by atoms with Gasteiger partial charge in [0.15, 0.2) is 0 Å². The molecule has 2 aromatic rings. The molecule has 0 saturated carbocycles. The van der Waals surface area contributed by atoms with Crippen molar-refractivity contribution in [3.8, 4) is 0 Å². The lowest BCUT2D eigenvalue weighted by atomic mass is 10.1. The summed E-state index contributed by atoms with van der Waals surface area (Å²) < 4.78 is 78.8. The summed E-state index contributed by atoms with van der Waals surface area (Å²) in [5, 5.41) is 0. The van der Waals surface area contributed by atoms with Crippen molar-refractivity contribution in [2.24, 2.45) is 0 Å². The first-order chi connectivity index (χ1) is 47.0. The molecule has 0 fully saturated rings. The van der Waals surface area contributed by atoms with E-state index in [1.165, 1.54) is 22.3 Å². The molecule has 0 aliphatic carbocycles. The van der Waals surface area contributed by atoms with E-state index in [-0.39, 0.29) is 18.0 Å². The van der Waals surface area contributed by atoms with Gasteiger partial charge in [-0.2, -0.15) is 0 Å². The minimum Gasteiger partial charge on any atom is -0.379 e. The summed E-state index contributed by atoms with van der Waals surface area (Å²) in [6.45, 7) is 55.6. The first-order valence-corrected chi connectivity index (χ1v) is 37.9. The number of Topliss-reactive ketones (excluding diaryl/α,β-unsaturated/α-hetero) is 2. The molecule has 0 aliphatic rings. The average molecular weight is 1380 g/mol. The molecule has 0 unspecified atom stereocenters. The minimum atomic E-state index is 0.0888. The predicted molar refractivity (Wildman–Crippen MR) is 400 cm³/mol. The summed E-state index contributed by atoms with van der Waals surface area (Å²) >= 11 is 0. The summed E-state index contributed by atoms with van der Waals surface area (Å²) in [6.07, 6.45) is 18.2. The fourth-order valence-electron chi connectivity index (χ4n) is 7.19. The maximum atomic E-state index is 10.9. The lowest BCUT2D eigenvalue weighted by molar-refractivity contribution is -0.127. The molecular weight excluding hydrogens is 1220 g/mol. The van der Waals surface area contributed by atoms with Crippen molar-refractivity contribution in [1.29, 1.82) is 0 Å². The molecule has 0 N–H and O–H groups in total. The van der Waals surface area contributed by atoms with Gasteiger partial charge in [-0.25, -0.2) is 0 Å². The standard InChI is InChI=1S/5C10H22O3.2C10H14.C9H16O2/c5*1-3-5-11-7-9-13-10-8-12-6-4-2;1-3-9-5-7-10(4-2)8-6-9;1-3-9-6-5-7-10(4-2)8-9;1-3-5-8(10)7-9(11)6-4-2/h5*3-10H2,1-2H3;2*5-8H,3-4H2,1-2H3;3-7H2,1-2H3. The molecule has 2 aromatic carbocycles. The Kier molecular flexibility index (Phi) is 109. The van der Waals surface area contributed by atoms with Crippen molar-refractivity contribution in [2.45, 2.75) is 233 Å². The van der Waals surface area contributed by atoms with Crippen LogP contribution in [0.15, 0.2) is 48.5 Å². The van der Waals surface area contributed by atoms with Gasteiger partial charge in [0, 0.05) is 78.9 Å². The Balaban J connectivity index is -0.000000241. The molecule has 17 nitrogen and oxygen atoms in total. The second-order valence-corrected chi connectivity index (χ2v) is 22.0. The molecule has 0 bridgehead atoms. The van der Waals surface area contributed by atoms with E-state index in [9.17, 15) is 9.59 Å². The molecule has 0 aromatic heterocycles. The van der Waals surface area contributed by atoms with E-state index in [2.05, 4.69) is 145 Å². The highest BCUT2D eigenvalue weighted by molar-refractivity contribution is 5.98. The van der Waals surface area contributed by atoms with E-state index in [0.29, 0.717) is 145 Å². The summed E-state index contributed by atoms with van der Waals surface area (Å²) in [5.41, 5.74) is 5.74. The molecule has 17 heteroatoms. The summed E-state index contributed by atoms with van der Waals surface area (Å²) in [5.74, 6) is 0.178. The fraction of sp³-hybridized carbons (Fsp3) is 0.823. The summed E-state index contributed by atoms with van der Waals surface area (Å²) in [6, 6.07) is 17.6. The van der Waals surface area contributed by atoms with Crippen LogP contribution in [0.2, 0.25) is 0 Å². The molecule has 0 aliphatic heterocycles. The number of ether oxygens (including phenoxy) is 15. The fourth-order valence-corrected chi connectivity index (χ4v) is 7.19. The van der Waals surface area contributed by atoms with Crippen LogP contribution in [0.5, 0.6) is 0 Å². The lowest BCUT2D eigenvalue weighted by Crippen LogP contribution is -2.09. The molecular formula is C79H154O17. The smallest absolute Gasteiger partial charge is 0.140 e. The van der Waals surface area contributed by atoms with Gasteiger partial charge >= 0.3 is 0 Å². The van der Waals surface area contributed by atoms with Gasteiger partial charge in [0.2, 0.25) is 0 Å². The third kappa shape index (κ3) is 102.